The van der Waals surface area contributed by atoms with E-state index in [4.69, 9.17) is 9.84 Å². The molecule has 0 aliphatic rings. The zero-order valence-electron chi connectivity index (χ0n) is 12.7. The van der Waals surface area contributed by atoms with Crippen LogP contribution in [0.3, 0.4) is 0 Å². The van der Waals surface area contributed by atoms with Crippen LogP contribution in [-0.4, -0.2) is 18.3 Å². The summed E-state index contributed by atoms with van der Waals surface area (Å²) in [6.07, 6.45) is 0.675. The summed E-state index contributed by atoms with van der Waals surface area (Å²) < 4.78 is 6.01. The van der Waals surface area contributed by atoms with Crippen molar-refractivity contribution in [2.24, 2.45) is 0 Å². The van der Waals surface area contributed by atoms with E-state index < -0.39 is 0 Å². The highest BCUT2D eigenvalue weighted by atomic mass is 16.5. The van der Waals surface area contributed by atoms with Gasteiger partial charge in [-0.1, -0.05) is 37.3 Å². The molecule has 0 aromatic heterocycles. The van der Waals surface area contributed by atoms with Gasteiger partial charge in [0.25, 0.3) is 0 Å². The molecule has 0 saturated carbocycles. The van der Waals surface area contributed by atoms with Gasteiger partial charge in [0, 0.05) is 18.2 Å². The van der Waals surface area contributed by atoms with Gasteiger partial charge in [0.2, 0.25) is 0 Å². The topological polar surface area (TPSA) is 41.5 Å². The van der Waals surface area contributed by atoms with E-state index >= 15 is 0 Å². The van der Waals surface area contributed by atoms with Crippen LogP contribution in [0.4, 0.5) is 0 Å². The number of hydrogen-bond acceptors (Lipinski definition) is 3. The summed E-state index contributed by atoms with van der Waals surface area (Å²) in [6.45, 7) is 5.32. The van der Waals surface area contributed by atoms with Crippen molar-refractivity contribution in [1.29, 1.82) is 0 Å². The zero-order valence-corrected chi connectivity index (χ0v) is 12.7. The van der Waals surface area contributed by atoms with E-state index in [1.54, 1.807) is 0 Å². The van der Waals surface area contributed by atoms with Crippen LogP contribution >= 0.6 is 0 Å². The van der Waals surface area contributed by atoms with Gasteiger partial charge >= 0.3 is 0 Å². The van der Waals surface area contributed by atoms with Crippen molar-refractivity contribution in [3.63, 3.8) is 0 Å². The molecule has 2 N–H and O–H groups in total. The number of hydrogen-bond donors (Lipinski definition) is 2. The smallest absolute Gasteiger partial charge is 0.132 e. The van der Waals surface area contributed by atoms with Gasteiger partial charge in [-0.05, 0) is 43.7 Å². The molecule has 0 amide bonds. The van der Waals surface area contributed by atoms with E-state index in [1.807, 2.05) is 42.5 Å². The Balaban J connectivity index is 2.15. The van der Waals surface area contributed by atoms with Gasteiger partial charge in [-0.25, -0.2) is 0 Å². The number of ether oxygens (including phenoxy) is 1. The fourth-order valence-corrected chi connectivity index (χ4v) is 2.33. The molecule has 1 atom stereocenters. The first kappa shape index (κ1) is 15.5. The van der Waals surface area contributed by atoms with Crippen LogP contribution < -0.4 is 10.1 Å². The molecule has 0 aliphatic heterocycles. The maximum Gasteiger partial charge on any atom is 0.132 e. The lowest BCUT2D eigenvalue weighted by Crippen LogP contribution is -2.18. The highest BCUT2D eigenvalue weighted by Gasteiger charge is 2.10. The Kier molecular flexibility index (Phi) is 5.78. The monoisotopic (exact) mass is 285 g/mol. The van der Waals surface area contributed by atoms with Gasteiger partial charge in [0.05, 0.1) is 0 Å². The number of para-hydroxylation sites is 1. The molecule has 0 radical (unpaired) electrons. The lowest BCUT2D eigenvalue weighted by molar-refractivity contribution is 0.299. The third-order valence-corrected chi connectivity index (χ3v) is 3.45. The molecule has 0 saturated heterocycles. The standard InChI is InChI=1S/C18H23NO2/c1-3-19-14(2)17-6-4-5-7-18(17)21-16-10-8-15(9-11-16)12-13-20/h4-11,14,19-20H,3,12-13H2,1-2H3. The minimum atomic E-state index is 0.170. The van der Waals surface area contributed by atoms with E-state index in [1.165, 1.54) is 0 Å². The molecule has 0 spiro atoms. The van der Waals surface area contributed by atoms with Crippen molar-refractivity contribution in [2.45, 2.75) is 26.3 Å². The van der Waals surface area contributed by atoms with Crippen LogP contribution in [0.2, 0.25) is 0 Å². The van der Waals surface area contributed by atoms with Crippen LogP contribution in [0.1, 0.15) is 31.0 Å². The van der Waals surface area contributed by atoms with E-state index in [2.05, 4.69) is 25.2 Å². The van der Waals surface area contributed by atoms with E-state index in [0.29, 0.717) is 6.42 Å². The Hall–Kier alpha value is -1.84. The molecule has 2 rings (SSSR count). The molecule has 0 aliphatic carbocycles. The molecule has 1 unspecified atom stereocenters. The van der Waals surface area contributed by atoms with E-state index in [9.17, 15) is 0 Å². The van der Waals surface area contributed by atoms with Gasteiger partial charge < -0.3 is 15.2 Å². The SMILES string of the molecule is CCNC(C)c1ccccc1Oc1ccc(CCO)cc1. The lowest BCUT2D eigenvalue weighted by atomic mass is 10.1. The predicted molar refractivity (Wildman–Crippen MR) is 85.8 cm³/mol. The summed E-state index contributed by atoms with van der Waals surface area (Å²) in [6, 6.07) is 16.2. The minimum absolute atomic E-state index is 0.170. The summed E-state index contributed by atoms with van der Waals surface area (Å²) in [4.78, 5) is 0. The van der Waals surface area contributed by atoms with E-state index in [-0.39, 0.29) is 12.6 Å². The van der Waals surface area contributed by atoms with E-state index in [0.717, 1.165) is 29.2 Å². The van der Waals surface area contributed by atoms with Crippen molar-refractivity contribution < 1.29 is 9.84 Å². The number of benzene rings is 2. The number of aliphatic hydroxyl groups is 1. The minimum Gasteiger partial charge on any atom is -0.457 e. The second-order valence-electron chi connectivity index (χ2n) is 5.04. The molecule has 0 heterocycles. The highest BCUT2D eigenvalue weighted by Crippen LogP contribution is 2.29. The number of aliphatic hydroxyl groups excluding tert-OH is 1. The molecular weight excluding hydrogens is 262 g/mol. The largest absolute Gasteiger partial charge is 0.457 e. The molecule has 3 nitrogen and oxygen atoms in total. The third kappa shape index (κ3) is 4.31. The first-order valence-electron chi connectivity index (χ1n) is 7.44. The Morgan fingerprint density at radius 3 is 2.48 bits per heavy atom. The summed E-state index contributed by atoms with van der Waals surface area (Å²) in [5.41, 5.74) is 2.26. The molecule has 3 heteroatoms. The molecule has 21 heavy (non-hydrogen) atoms. The van der Waals surface area contributed by atoms with Crippen LogP contribution in [-0.2, 0) is 6.42 Å². The van der Waals surface area contributed by atoms with Crippen molar-refractivity contribution in [2.75, 3.05) is 13.2 Å². The Labute approximate surface area is 126 Å². The van der Waals surface area contributed by atoms with Crippen LogP contribution in [0.25, 0.3) is 0 Å². The van der Waals surface area contributed by atoms with Gasteiger partial charge in [0.1, 0.15) is 11.5 Å². The van der Waals surface area contributed by atoms with Gasteiger partial charge in [-0.15, -0.1) is 0 Å². The average molecular weight is 285 g/mol. The molecule has 2 aromatic carbocycles. The summed E-state index contributed by atoms with van der Waals surface area (Å²) in [7, 11) is 0. The lowest BCUT2D eigenvalue weighted by Gasteiger charge is -2.17. The van der Waals surface area contributed by atoms with Gasteiger partial charge in [-0.3, -0.25) is 0 Å². The Bertz CT molecular complexity index is 551. The Morgan fingerprint density at radius 1 is 1.10 bits per heavy atom. The summed E-state index contributed by atoms with van der Waals surface area (Å²) >= 11 is 0. The van der Waals surface area contributed by atoms with Crippen molar-refractivity contribution in [3.05, 3.63) is 59.7 Å². The van der Waals surface area contributed by atoms with Gasteiger partial charge in [-0.2, -0.15) is 0 Å². The second-order valence-corrected chi connectivity index (χ2v) is 5.04. The normalized spacial score (nSPS) is 12.1. The third-order valence-electron chi connectivity index (χ3n) is 3.45. The summed E-state index contributed by atoms with van der Waals surface area (Å²) in [5, 5.41) is 12.3. The fourth-order valence-electron chi connectivity index (χ4n) is 2.33. The van der Waals surface area contributed by atoms with Crippen LogP contribution in [0, 0.1) is 0 Å². The quantitative estimate of drug-likeness (QED) is 0.815. The number of nitrogens with one attached hydrogen (secondary N) is 1. The number of rotatable bonds is 7. The molecule has 112 valence electrons. The van der Waals surface area contributed by atoms with Crippen LogP contribution in [0.15, 0.2) is 48.5 Å². The summed E-state index contributed by atoms with van der Waals surface area (Å²) in [5.74, 6) is 1.69. The van der Waals surface area contributed by atoms with Gasteiger partial charge in [0.15, 0.2) is 0 Å². The van der Waals surface area contributed by atoms with Crippen LogP contribution in [0.5, 0.6) is 11.5 Å². The first-order chi connectivity index (χ1) is 10.2. The second kappa shape index (κ2) is 7.81. The highest BCUT2D eigenvalue weighted by molar-refractivity contribution is 5.40. The molecular formula is C18H23NO2. The predicted octanol–water partition coefficient (Wildman–Crippen LogP) is 3.68. The maximum absolute atomic E-state index is 8.93. The first-order valence-corrected chi connectivity index (χ1v) is 7.44. The Morgan fingerprint density at radius 2 is 1.81 bits per heavy atom. The van der Waals surface area contributed by atoms with Crippen molar-refractivity contribution in [1.82, 2.24) is 5.32 Å². The van der Waals surface area contributed by atoms with Crippen molar-refractivity contribution >= 4 is 0 Å². The molecule has 2 aromatic rings. The van der Waals surface area contributed by atoms with Crippen molar-refractivity contribution in [3.8, 4) is 11.5 Å². The molecule has 0 bridgehead atoms. The maximum atomic E-state index is 8.93. The fraction of sp³-hybridized carbons (Fsp3) is 0.333. The zero-order chi connectivity index (χ0) is 15.1. The average Bonchev–Trinajstić information content (AvgIpc) is 2.50. The molecule has 0 fully saturated rings.